The van der Waals surface area contributed by atoms with Crippen molar-refractivity contribution >= 4 is 27.2 Å². The van der Waals surface area contributed by atoms with Gasteiger partial charge in [-0.25, -0.2) is 9.97 Å². The quantitative estimate of drug-likeness (QED) is 0.518. The number of fused-ring (bicyclic) bond motifs is 2. The van der Waals surface area contributed by atoms with E-state index in [4.69, 9.17) is 0 Å². The van der Waals surface area contributed by atoms with Crippen LogP contribution in [-0.4, -0.2) is 14.4 Å². The fraction of sp³-hybridized carbons (Fsp3) is 0. The molecule has 3 aromatic heterocycles. The van der Waals surface area contributed by atoms with Crippen LogP contribution in [0.3, 0.4) is 0 Å². The zero-order valence-corrected chi connectivity index (χ0v) is 10.2. The second-order valence-corrected chi connectivity index (χ2v) is 5.03. The molecule has 0 N–H and O–H groups in total. The first-order valence-electron chi connectivity index (χ1n) is 5.61. The molecule has 0 unspecified atom stereocenters. The summed E-state index contributed by atoms with van der Waals surface area (Å²) in [5.41, 5.74) is 2.86. The van der Waals surface area contributed by atoms with Crippen LogP contribution in [-0.2, 0) is 0 Å². The SMILES string of the molecule is [c]1c(-c2nc3ccccc3s2)ccn2ccnc12. The lowest BCUT2D eigenvalue weighted by atomic mass is 10.3. The monoisotopic (exact) mass is 250 g/mol. The Hall–Kier alpha value is -2.20. The topological polar surface area (TPSA) is 30.2 Å². The lowest BCUT2D eigenvalue weighted by Crippen LogP contribution is -1.84. The number of aromatic nitrogens is 3. The molecular formula is C14H8N3S. The largest absolute Gasteiger partial charge is 0.307 e. The van der Waals surface area contributed by atoms with Gasteiger partial charge in [-0.3, -0.25) is 0 Å². The van der Waals surface area contributed by atoms with Crippen LogP contribution in [0.15, 0.2) is 48.9 Å². The van der Waals surface area contributed by atoms with Gasteiger partial charge >= 0.3 is 0 Å². The van der Waals surface area contributed by atoms with Gasteiger partial charge in [0.15, 0.2) is 0 Å². The first-order valence-corrected chi connectivity index (χ1v) is 6.43. The summed E-state index contributed by atoms with van der Waals surface area (Å²) in [6.45, 7) is 0. The minimum atomic E-state index is 0.826. The molecule has 0 bridgehead atoms. The number of hydrogen-bond acceptors (Lipinski definition) is 3. The normalized spacial score (nSPS) is 11.3. The van der Waals surface area contributed by atoms with Crippen molar-refractivity contribution in [1.82, 2.24) is 14.4 Å². The molecule has 0 spiro atoms. The van der Waals surface area contributed by atoms with Crippen LogP contribution in [0.5, 0.6) is 0 Å². The zero-order chi connectivity index (χ0) is 11.9. The van der Waals surface area contributed by atoms with Gasteiger partial charge in [-0.05, 0) is 18.2 Å². The highest BCUT2D eigenvalue weighted by Gasteiger charge is 2.07. The minimum Gasteiger partial charge on any atom is -0.307 e. The summed E-state index contributed by atoms with van der Waals surface area (Å²) in [6, 6.07) is 13.5. The number of para-hydroxylation sites is 1. The molecule has 3 heterocycles. The Morgan fingerprint density at radius 1 is 1.11 bits per heavy atom. The van der Waals surface area contributed by atoms with Crippen molar-refractivity contribution in [3.63, 3.8) is 0 Å². The maximum atomic E-state index is 4.62. The Morgan fingerprint density at radius 3 is 3.00 bits per heavy atom. The lowest BCUT2D eigenvalue weighted by molar-refractivity contribution is 1.18. The van der Waals surface area contributed by atoms with E-state index in [2.05, 4.69) is 22.1 Å². The van der Waals surface area contributed by atoms with Crippen LogP contribution in [0.4, 0.5) is 0 Å². The van der Waals surface area contributed by atoms with E-state index in [1.165, 1.54) is 4.70 Å². The molecule has 0 aliphatic carbocycles. The molecule has 0 saturated carbocycles. The predicted octanol–water partition coefficient (Wildman–Crippen LogP) is 3.41. The smallest absolute Gasteiger partial charge is 0.145 e. The third-order valence-electron chi connectivity index (χ3n) is 2.84. The van der Waals surface area contributed by atoms with Crippen molar-refractivity contribution < 1.29 is 0 Å². The molecule has 85 valence electrons. The molecule has 4 aromatic rings. The molecule has 0 saturated heterocycles. The van der Waals surface area contributed by atoms with E-state index < -0.39 is 0 Å². The molecule has 0 aliphatic heterocycles. The highest BCUT2D eigenvalue weighted by molar-refractivity contribution is 7.21. The maximum absolute atomic E-state index is 4.62. The van der Waals surface area contributed by atoms with Gasteiger partial charge in [0.2, 0.25) is 0 Å². The minimum absolute atomic E-state index is 0.826. The van der Waals surface area contributed by atoms with Crippen molar-refractivity contribution in [3.05, 3.63) is 55.0 Å². The fourth-order valence-electron chi connectivity index (χ4n) is 1.96. The molecule has 3 nitrogen and oxygen atoms in total. The zero-order valence-electron chi connectivity index (χ0n) is 9.37. The molecule has 0 fully saturated rings. The molecule has 1 aromatic carbocycles. The molecule has 0 amide bonds. The van der Waals surface area contributed by atoms with Gasteiger partial charge in [0.05, 0.1) is 10.2 Å². The van der Waals surface area contributed by atoms with Gasteiger partial charge < -0.3 is 4.40 Å². The first-order chi connectivity index (χ1) is 8.90. The van der Waals surface area contributed by atoms with Gasteiger partial charge in [0.1, 0.15) is 10.7 Å². The van der Waals surface area contributed by atoms with Crippen LogP contribution in [0.2, 0.25) is 0 Å². The van der Waals surface area contributed by atoms with Gasteiger partial charge in [0.25, 0.3) is 0 Å². The first kappa shape index (κ1) is 9.79. The van der Waals surface area contributed by atoms with Crippen molar-refractivity contribution in [2.75, 3.05) is 0 Å². The number of thiazole rings is 1. The summed E-state index contributed by atoms with van der Waals surface area (Å²) in [5, 5.41) is 0.988. The van der Waals surface area contributed by atoms with Crippen LogP contribution in [0.25, 0.3) is 26.4 Å². The third-order valence-corrected chi connectivity index (χ3v) is 3.91. The number of rotatable bonds is 1. The van der Waals surface area contributed by atoms with Crippen LogP contribution >= 0.6 is 11.3 Å². The Morgan fingerprint density at radius 2 is 2.06 bits per heavy atom. The van der Waals surface area contributed by atoms with E-state index in [1.807, 2.05) is 41.1 Å². The molecule has 0 aliphatic rings. The highest BCUT2D eigenvalue weighted by Crippen LogP contribution is 2.29. The molecule has 18 heavy (non-hydrogen) atoms. The van der Waals surface area contributed by atoms with Crippen molar-refractivity contribution in [3.8, 4) is 10.6 Å². The molecule has 4 heteroatoms. The van der Waals surface area contributed by atoms with Crippen LogP contribution < -0.4 is 0 Å². The molecule has 4 rings (SSSR count). The van der Waals surface area contributed by atoms with Gasteiger partial charge in [-0.15, -0.1) is 11.3 Å². The Labute approximate surface area is 107 Å². The number of hydrogen-bond donors (Lipinski definition) is 0. The summed E-state index contributed by atoms with van der Waals surface area (Å²) in [6.07, 6.45) is 5.67. The van der Waals surface area contributed by atoms with E-state index in [9.17, 15) is 0 Å². The number of benzene rings is 1. The molecule has 0 atom stereocenters. The Balaban J connectivity index is 1.94. The van der Waals surface area contributed by atoms with E-state index in [0.29, 0.717) is 0 Å². The third kappa shape index (κ3) is 1.43. The second-order valence-electron chi connectivity index (χ2n) is 4.00. The fourth-order valence-corrected chi connectivity index (χ4v) is 2.91. The van der Waals surface area contributed by atoms with E-state index in [-0.39, 0.29) is 0 Å². The summed E-state index contributed by atoms with van der Waals surface area (Å²) < 4.78 is 3.14. The molecule has 1 radical (unpaired) electrons. The van der Waals surface area contributed by atoms with Crippen molar-refractivity contribution in [2.45, 2.75) is 0 Å². The summed E-state index contributed by atoms with van der Waals surface area (Å²) in [4.78, 5) is 8.87. The predicted molar refractivity (Wildman–Crippen MR) is 72.6 cm³/mol. The van der Waals surface area contributed by atoms with Gasteiger partial charge in [-0.1, -0.05) is 12.1 Å². The van der Waals surface area contributed by atoms with E-state index in [0.717, 1.165) is 21.7 Å². The Kier molecular flexibility index (Phi) is 1.98. The van der Waals surface area contributed by atoms with Crippen LogP contribution in [0, 0.1) is 6.07 Å². The van der Waals surface area contributed by atoms with Crippen LogP contribution in [0.1, 0.15) is 0 Å². The van der Waals surface area contributed by atoms with E-state index >= 15 is 0 Å². The average Bonchev–Trinajstić information content (AvgIpc) is 3.04. The standard InChI is InChI=1S/C14H8N3S/c1-2-4-12-11(3-1)16-14(18-12)10-5-7-17-8-6-15-13(17)9-10/h1-8H. The second kappa shape index (κ2) is 3.65. The summed E-state index contributed by atoms with van der Waals surface area (Å²) in [7, 11) is 0. The summed E-state index contributed by atoms with van der Waals surface area (Å²) >= 11 is 1.68. The van der Waals surface area contributed by atoms with Gasteiger partial charge in [0, 0.05) is 30.2 Å². The highest BCUT2D eigenvalue weighted by atomic mass is 32.1. The Bertz CT molecular complexity index is 811. The van der Waals surface area contributed by atoms with Crippen molar-refractivity contribution in [1.29, 1.82) is 0 Å². The number of pyridine rings is 1. The lowest BCUT2D eigenvalue weighted by Gasteiger charge is -1.96. The molecular weight excluding hydrogens is 242 g/mol. The van der Waals surface area contributed by atoms with E-state index in [1.54, 1.807) is 17.5 Å². The van der Waals surface area contributed by atoms with Crippen molar-refractivity contribution in [2.24, 2.45) is 0 Å². The number of imidazole rings is 1. The maximum Gasteiger partial charge on any atom is 0.145 e. The average molecular weight is 250 g/mol. The van der Waals surface area contributed by atoms with Gasteiger partial charge in [-0.2, -0.15) is 0 Å². The summed E-state index contributed by atoms with van der Waals surface area (Å²) in [5.74, 6) is 0. The number of nitrogens with zero attached hydrogens (tertiary/aromatic N) is 3.